The molecule has 0 N–H and O–H groups in total. The standard InChI is InChI=1S/C18H26N2O2/c1-18(2)14-20(16-9-5-4-8-15(16)18)17(21)22-13-12-19-10-6-3-7-11-19/h4-5,8-9H,3,6-7,10-14H2,1-2H3. The molecule has 0 aromatic heterocycles. The second kappa shape index (κ2) is 6.29. The van der Waals surface area contributed by atoms with E-state index in [1.54, 1.807) is 4.90 Å². The first-order valence-electron chi connectivity index (χ1n) is 8.34. The zero-order valence-electron chi connectivity index (χ0n) is 13.7. The molecule has 0 bridgehead atoms. The van der Waals surface area contributed by atoms with Gasteiger partial charge in [0.1, 0.15) is 6.61 Å². The topological polar surface area (TPSA) is 32.8 Å². The summed E-state index contributed by atoms with van der Waals surface area (Å²) in [6.45, 7) is 8.64. The Labute approximate surface area is 133 Å². The van der Waals surface area contributed by atoms with E-state index in [1.165, 1.54) is 24.8 Å². The van der Waals surface area contributed by atoms with Crippen LogP contribution in [0.2, 0.25) is 0 Å². The average Bonchev–Trinajstić information content (AvgIpc) is 2.81. The van der Waals surface area contributed by atoms with E-state index in [4.69, 9.17) is 4.74 Å². The summed E-state index contributed by atoms with van der Waals surface area (Å²) in [5.41, 5.74) is 2.21. The third-order valence-electron chi connectivity index (χ3n) is 4.78. The number of benzene rings is 1. The van der Waals surface area contributed by atoms with Crippen molar-refractivity contribution in [3.8, 4) is 0 Å². The van der Waals surface area contributed by atoms with Crippen LogP contribution >= 0.6 is 0 Å². The summed E-state index contributed by atoms with van der Waals surface area (Å²) in [7, 11) is 0. The van der Waals surface area contributed by atoms with Crippen LogP contribution in [0.15, 0.2) is 24.3 Å². The highest BCUT2D eigenvalue weighted by Crippen LogP contribution is 2.40. The number of para-hydroxylation sites is 1. The van der Waals surface area contributed by atoms with E-state index in [0.29, 0.717) is 13.2 Å². The van der Waals surface area contributed by atoms with Gasteiger partial charge in [0.15, 0.2) is 0 Å². The number of anilines is 1. The molecule has 2 aliphatic heterocycles. The van der Waals surface area contributed by atoms with E-state index in [1.807, 2.05) is 18.2 Å². The number of ether oxygens (including phenoxy) is 1. The zero-order chi connectivity index (χ0) is 15.6. The Kier molecular flexibility index (Phi) is 4.39. The Morgan fingerprint density at radius 2 is 1.91 bits per heavy atom. The normalized spacial score (nSPS) is 20.7. The minimum absolute atomic E-state index is 0.0114. The van der Waals surface area contributed by atoms with Gasteiger partial charge >= 0.3 is 6.09 Å². The molecule has 1 fully saturated rings. The second-order valence-electron chi connectivity index (χ2n) is 7.00. The van der Waals surface area contributed by atoms with Crippen molar-refractivity contribution in [2.75, 3.05) is 37.7 Å². The summed E-state index contributed by atoms with van der Waals surface area (Å²) < 4.78 is 5.52. The highest BCUT2D eigenvalue weighted by Gasteiger charge is 2.38. The molecule has 2 heterocycles. The third-order valence-corrected chi connectivity index (χ3v) is 4.78. The van der Waals surface area contributed by atoms with Gasteiger partial charge < -0.3 is 4.74 Å². The van der Waals surface area contributed by atoms with Crippen LogP contribution in [0.25, 0.3) is 0 Å². The third kappa shape index (κ3) is 3.12. The number of nitrogens with zero attached hydrogens (tertiary/aromatic N) is 2. The summed E-state index contributed by atoms with van der Waals surface area (Å²) in [5.74, 6) is 0. The van der Waals surface area contributed by atoms with Crippen molar-refractivity contribution >= 4 is 11.8 Å². The number of carbonyl (C=O) groups excluding carboxylic acids is 1. The number of amides is 1. The summed E-state index contributed by atoms with van der Waals surface area (Å²) in [4.78, 5) is 16.6. The molecule has 0 radical (unpaired) electrons. The van der Waals surface area contributed by atoms with Crippen molar-refractivity contribution in [2.45, 2.75) is 38.5 Å². The largest absolute Gasteiger partial charge is 0.448 e. The number of fused-ring (bicyclic) bond motifs is 1. The fourth-order valence-corrected chi connectivity index (χ4v) is 3.53. The van der Waals surface area contributed by atoms with Gasteiger partial charge in [-0.1, -0.05) is 38.5 Å². The molecule has 0 saturated carbocycles. The Bertz CT molecular complexity index is 536. The van der Waals surface area contributed by atoms with E-state index in [9.17, 15) is 4.79 Å². The Balaban J connectivity index is 1.57. The van der Waals surface area contributed by atoms with E-state index in [2.05, 4.69) is 24.8 Å². The van der Waals surface area contributed by atoms with Gasteiger partial charge in [0, 0.05) is 18.5 Å². The number of carbonyl (C=O) groups is 1. The van der Waals surface area contributed by atoms with Crippen LogP contribution in [-0.4, -0.2) is 43.8 Å². The molecule has 1 aromatic rings. The van der Waals surface area contributed by atoms with Gasteiger partial charge in [0.05, 0.1) is 5.69 Å². The second-order valence-corrected chi connectivity index (χ2v) is 7.00. The molecule has 1 amide bonds. The fraction of sp³-hybridized carbons (Fsp3) is 0.611. The first kappa shape index (κ1) is 15.3. The summed E-state index contributed by atoms with van der Waals surface area (Å²) in [6, 6.07) is 8.13. The van der Waals surface area contributed by atoms with Gasteiger partial charge in [-0.2, -0.15) is 0 Å². The summed E-state index contributed by atoms with van der Waals surface area (Å²) in [5, 5.41) is 0. The number of rotatable bonds is 3. The lowest BCUT2D eigenvalue weighted by atomic mass is 9.87. The van der Waals surface area contributed by atoms with Crippen LogP contribution in [0.4, 0.5) is 10.5 Å². The van der Waals surface area contributed by atoms with Gasteiger partial charge in [-0.15, -0.1) is 0 Å². The molecule has 4 heteroatoms. The quantitative estimate of drug-likeness (QED) is 0.858. The molecule has 0 spiro atoms. The molecule has 0 atom stereocenters. The lowest BCUT2D eigenvalue weighted by Crippen LogP contribution is -2.37. The summed E-state index contributed by atoms with van der Waals surface area (Å²) >= 11 is 0. The number of piperidine rings is 1. The first-order valence-corrected chi connectivity index (χ1v) is 8.34. The van der Waals surface area contributed by atoms with Gasteiger partial charge in [-0.25, -0.2) is 4.79 Å². The monoisotopic (exact) mass is 302 g/mol. The molecule has 4 nitrogen and oxygen atoms in total. The molecule has 1 saturated heterocycles. The van der Waals surface area contributed by atoms with Crippen molar-refractivity contribution in [1.29, 1.82) is 0 Å². The van der Waals surface area contributed by atoms with E-state index >= 15 is 0 Å². The fourth-order valence-electron chi connectivity index (χ4n) is 3.53. The molecular formula is C18H26N2O2. The highest BCUT2D eigenvalue weighted by atomic mass is 16.6. The number of hydrogen-bond acceptors (Lipinski definition) is 3. The van der Waals surface area contributed by atoms with Gasteiger partial charge in [-0.05, 0) is 37.6 Å². The molecule has 22 heavy (non-hydrogen) atoms. The molecule has 0 aliphatic carbocycles. The van der Waals surface area contributed by atoms with Crippen LogP contribution in [0, 0.1) is 0 Å². The van der Waals surface area contributed by atoms with Crippen molar-refractivity contribution < 1.29 is 9.53 Å². The first-order chi connectivity index (χ1) is 10.6. The van der Waals surface area contributed by atoms with Crippen LogP contribution in [0.3, 0.4) is 0 Å². The Hall–Kier alpha value is -1.55. The Morgan fingerprint density at radius 3 is 2.68 bits per heavy atom. The van der Waals surface area contributed by atoms with E-state index in [0.717, 1.165) is 25.3 Å². The average molecular weight is 302 g/mol. The maximum absolute atomic E-state index is 12.4. The molecule has 0 unspecified atom stereocenters. The van der Waals surface area contributed by atoms with Gasteiger partial charge in [0.2, 0.25) is 0 Å². The molecule has 3 rings (SSSR count). The minimum Gasteiger partial charge on any atom is -0.448 e. The van der Waals surface area contributed by atoms with E-state index < -0.39 is 0 Å². The molecule has 2 aliphatic rings. The summed E-state index contributed by atoms with van der Waals surface area (Å²) in [6.07, 6.45) is 3.65. The van der Waals surface area contributed by atoms with E-state index in [-0.39, 0.29) is 11.5 Å². The SMILES string of the molecule is CC1(C)CN(C(=O)OCCN2CCCCC2)c2ccccc21. The molecule has 1 aromatic carbocycles. The smallest absolute Gasteiger partial charge is 0.414 e. The van der Waals surface area contributed by atoms with Crippen molar-refractivity contribution in [1.82, 2.24) is 4.90 Å². The number of hydrogen-bond donors (Lipinski definition) is 0. The molecule has 120 valence electrons. The maximum Gasteiger partial charge on any atom is 0.414 e. The molecular weight excluding hydrogens is 276 g/mol. The zero-order valence-corrected chi connectivity index (χ0v) is 13.7. The lowest BCUT2D eigenvalue weighted by molar-refractivity contribution is 0.126. The van der Waals surface area contributed by atoms with Gasteiger partial charge in [-0.3, -0.25) is 9.80 Å². The predicted molar refractivity (Wildman–Crippen MR) is 88.5 cm³/mol. The van der Waals surface area contributed by atoms with Crippen LogP contribution in [0.5, 0.6) is 0 Å². The van der Waals surface area contributed by atoms with Crippen molar-refractivity contribution in [3.05, 3.63) is 29.8 Å². The van der Waals surface area contributed by atoms with Crippen LogP contribution in [0.1, 0.15) is 38.7 Å². The van der Waals surface area contributed by atoms with Crippen molar-refractivity contribution in [2.24, 2.45) is 0 Å². The van der Waals surface area contributed by atoms with Crippen LogP contribution in [-0.2, 0) is 10.2 Å². The lowest BCUT2D eigenvalue weighted by Gasteiger charge is -2.26. The minimum atomic E-state index is -0.213. The van der Waals surface area contributed by atoms with Crippen LogP contribution < -0.4 is 4.90 Å². The number of likely N-dealkylation sites (tertiary alicyclic amines) is 1. The maximum atomic E-state index is 12.4. The Morgan fingerprint density at radius 1 is 1.18 bits per heavy atom. The highest BCUT2D eigenvalue weighted by molar-refractivity contribution is 5.91. The van der Waals surface area contributed by atoms with Crippen molar-refractivity contribution in [3.63, 3.8) is 0 Å². The van der Waals surface area contributed by atoms with Gasteiger partial charge in [0.25, 0.3) is 0 Å². The predicted octanol–water partition coefficient (Wildman–Crippen LogP) is 3.41.